The van der Waals surface area contributed by atoms with Crippen LogP contribution in [0.3, 0.4) is 0 Å². The summed E-state index contributed by atoms with van der Waals surface area (Å²) < 4.78 is 11.1. The van der Waals surface area contributed by atoms with Crippen molar-refractivity contribution < 1.29 is 9.15 Å². The van der Waals surface area contributed by atoms with Crippen molar-refractivity contribution in [3.8, 4) is 5.75 Å². The molecule has 0 saturated carbocycles. The van der Waals surface area contributed by atoms with Crippen molar-refractivity contribution in [2.45, 2.75) is 25.7 Å². The molecule has 0 unspecified atom stereocenters. The summed E-state index contributed by atoms with van der Waals surface area (Å²) in [5.74, 6) is 0.765. The Labute approximate surface area is 177 Å². The second-order valence-electron chi connectivity index (χ2n) is 6.80. The van der Waals surface area contributed by atoms with Gasteiger partial charge in [-0.25, -0.2) is 9.78 Å². The number of fused-ring (bicyclic) bond motifs is 4. The van der Waals surface area contributed by atoms with Crippen LogP contribution in [-0.4, -0.2) is 17.1 Å². The largest absolute Gasteiger partial charge is 0.493 e. The van der Waals surface area contributed by atoms with Crippen molar-refractivity contribution in [2.24, 2.45) is 0 Å². The van der Waals surface area contributed by atoms with Gasteiger partial charge in [0.15, 0.2) is 17.2 Å². The summed E-state index contributed by atoms with van der Waals surface area (Å²) >= 11 is 9.07. The van der Waals surface area contributed by atoms with Gasteiger partial charge >= 0.3 is 4.94 Å². The second-order valence-corrected chi connectivity index (χ2v) is 9.27. The summed E-state index contributed by atoms with van der Waals surface area (Å²) in [4.78, 5) is 33.3. The van der Waals surface area contributed by atoms with Gasteiger partial charge in [0.25, 0.3) is 5.56 Å². The van der Waals surface area contributed by atoms with Crippen LogP contribution < -0.4 is 15.2 Å². The molecular weight excluding hydrogens is 432 g/mol. The fourth-order valence-corrected chi connectivity index (χ4v) is 5.91. The number of hydrogen-bond acceptors (Lipinski definition) is 7. The van der Waals surface area contributed by atoms with Crippen molar-refractivity contribution >= 4 is 65.9 Å². The third-order valence-electron chi connectivity index (χ3n) is 4.99. The Morgan fingerprint density at radius 2 is 2.10 bits per heavy atom. The van der Waals surface area contributed by atoms with Crippen LogP contribution in [0.1, 0.15) is 34.7 Å². The first-order chi connectivity index (χ1) is 14.0. The maximum atomic E-state index is 12.7. The highest BCUT2D eigenvalue weighted by Crippen LogP contribution is 2.35. The van der Waals surface area contributed by atoms with Gasteiger partial charge in [-0.3, -0.25) is 4.79 Å². The van der Waals surface area contributed by atoms with Crippen LogP contribution in [0.2, 0.25) is 0 Å². The molecule has 0 amide bonds. The molecule has 0 aliphatic heterocycles. The minimum absolute atomic E-state index is 0.156. The third-order valence-corrected chi connectivity index (χ3v) is 7.23. The quantitative estimate of drug-likeness (QED) is 0.489. The molecule has 3 aromatic heterocycles. The van der Waals surface area contributed by atoms with Crippen LogP contribution >= 0.6 is 34.3 Å². The monoisotopic (exact) mass is 446 g/mol. The Bertz CT molecular complexity index is 1410. The van der Waals surface area contributed by atoms with Crippen LogP contribution in [-0.2, 0) is 12.8 Å². The number of aromatic amines is 1. The van der Waals surface area contributed by atoms with Crippen LogP contribution in [0.25, 0.3) is 31.6 Å². The first-order valence-electron chi connectivity index (χ1n) is 9.07. The SMILES string of the molecule is COc1cc(C=C(Cl)c2nc3sc4c(c3c(=O)[nH]2)CCCC4)cc2sc(=O)oc12. The highest BCUT2D eigenvalue weighted by atomic mass is 35.5. The van der Waals surface area contributed by atoms with Crippen molar-refractivity contribution in [3.63, 3.8) is 0 Å². The maximum Gasteiger partial charge on any atom is 0.396 e. The van der Waals surface area contributed by atoms with Gasteiger partial charge in [-0.2, -0.15) is 0 Å². The van der Waals surface area contributed by atoms with E-state index in [4.69, 9.17) is 20.8 Å². The van der Waals surface area contributed by atoms with E-state index < -0.39 is 4.94 Å². The molecule has 1 N–H and O–H groups in total. The summed E-state index contributed by atoms with van der Waals surface area (Å²) in [5.41, 5.74) is 2.11. The first kappa shape index (κ1) is 18.6. The summed E-state index contributed by atoms with van der Waals surface area (Å²) in [6.45, 7) is 0. The Kier molecular flexibility index (Phi) is 4.57. The first-order valence-corrected chi connectivity index (χ1v) is 11.1. The minimum Gasteiger partial charge on any atom is -0.493 e. The van der Waals surface area contributed by atoms with E-state index in [0.717, 1.165) is 47.4 Å². The molecule has 0 saturated heterocycles. The van der Waals surface area contributed by atoms with Crippen LogP contribution in [0, 0.1) is 0 Å². The predicted molar refractivity (Wildman–Crippen MR) is 118 cm³/mol. The van der Waals surface area contributed by atoms with Gasteiger partial charge in [0.2, 0.25) is 0 Å². The summed E-state index contributed by atoms with van der Waals surface area (Å²) in [7, 11) is 1.51. The van der Waals surface area contributed by atoms with Crippen molar-refractivity contribution in [1.29, 1.82) is 0 Å². The fourth-order valence-electron chi connectivity index (χ4n) is 3.69. The molecule has 6 nitrogen and oxygen atoms in total. The Morgan fingerprint density at radius 3 is 2.93 bits per heavy atom. The lowest BCUT2D eigenvalue weighted by molar-refractivity contribution is 0.408. The van der Waals surface area contributed by atoms with Crippen molar-refractivity contribution in [1.82, 2.24) is 9.97 Å². The molecule has 0 spiro atoms. The highest BCUT2D eigenvalue weighted by molar-refractivity contribution is 7.18. The predicted octanol–water partition coefficient (Wildman–Crippen LogP) is 4.78. The zero-order valence-electron chi connectivity index (χ0n) is 15.3. The number of hydrogen-bond donors (Lipinski definition) is 1. The van der Waals surface area contributed by atoms with Gasteiger partial charge in [0, 0.05) is 4.88 Å². The number of aromatic nitrogens is 2. The van der Waals surface area contributed by atoms with E-state index in [0.29, 0.717) is 37.8 Å². The molecule has 0 radical (unpaired) electrons. The number of thiophene rings is 1. The molecule has 1 aromatic carbocycles. The van der Waals surface area contributed by atoms with E-state index in [1.807, 2.05) is 0 Å². The number of ether oxygens (including phenoxy) is 1. The normalized spacial score (nSPS) is 14.5. The van der Waals surface area contributed by atoms with Crippen LogP contribution in [0.4, 0.5) is 0 Å². The average molecular weight is 447 g/mol. The molecule has 1 aliphatic rings. The smallest absolute Gasteiger partial charge is 0.396 e. The van der Waals surface area contributed by atoms with Crippen molar-refractivity contribution in [2.75, 3.05) is 7.11 Å². The van der Waals surface area contributed by atoms with E-state index >= 15 is 0 Å². The zero-order valence-corrected chi connectivity index (χ0v) is 17.7. The molecule has 5 rings (SSSR count). The van der Waals surface area contributed by atoms with Gasteiger partial charge in [-0.15, -0.1) is 11.3 Å². The van der Waals surface area contributed by atoms with E-state index in [2.05, 4.69) is 9.97 Å². The maximum absolute atomic E-state index is 12.7. The number of nitrogens with zero attached hydrogens (tertiary/aromatic N) is 1. The van der Waals surface area contributed by atoms with Gasteiger partial charge in [-0.1, -0.05) is 22.9 Å². The zero-order chi connectivity index (χ0) is 20.1. The lowest BCUT2D eigenvalue weighted by atomic mass is 9.97. The highest BCUT2D eigenvalue weighted by Gasteiger charge is 2.20. The summed E-state index contributed by atoms with van der Waals surface area (Å²) in [6.07, 6.45) is 5.87. The third kappa shape index (κ3) is 3.21. The van der Waals surface area contributed by atoms with Gasteiger partial charge in [-0.05, 0) is 55.0 Å². The number of methoxy groups -OCH3 is 1. The molecule has 3 heterocycles. The molecule has 0 bridgehead atoms. The summed E-state index contributed by atoms with van der Waals surface area (Å²) in [5, 5.41) is 0.997. The lowest BCUT2D eigenvalue weighted by Crippen LogP contribution is -2.12. The molecule has 9 heteroatoms. The lowest BCUT2D eigenvalue weighted by Gasteiger charge is -2.09. The Morgan fingerprint density at radius 1 is 1.28 bits per heavy atom. The van der Waals surface area contributed by atoms with Gasteiger partial charge in [0.1, 0.15) is 4.83 Å². The minimum atomic E-state index is -0.399. The molecule has 148 valence electrons. The fraction of sp³-hybridized carbons (Fsp3) is 0.250. The van der Waals surface area contributed by atoms with E-state index in [1.54, 1.807) is 29.5 Å². The molecule has 0 fully saturated rings. The van der Waals surface area contributed by atoms with Gasteiger partial charge in [0.05, 0.1) is 22.2 Å². The van der Waals surface area contributed by atoms with E-state index in [-0.39, 0.29) is 5.56 Å². The molecule has 1 aliphatic carbocycles. The number of aryl methyl sites for hydroxylation is 2. The Hall–Kier alpha value is -2.42. The van der Waals surface area contributed by atoms with Crippen LogP contribution in [0.15, 0.2) is 26.1 Å². The Balaban J connectivity index is 1.61. The van der Waals surface area contributed by atoms with E-state index in [1.165, 1.54) is 12.0 Å². The second kappa shape index (κ2) is 7.12. The van der Waals surface area contributed by atoms with Gasteiger partial charge < -0.3 is 14.1 Å². The number of nitrogens with one attached hydrogen (secondary N) is 1. The number of H-pyrrole nitrogens is 1. The van der Waals surface area contributed by atoms with Crippen molar-refractivity contribution in [3.05, 3.63) is 54.0 Å². The molecule has 0 atom stereocenters. The number of halogens is 1. The van der Waals surface area contributed by atoms with E-state index in [9.17, 15) is 9.59 Å². The molecule has 4 aromatic rings. The standard InChI is InChI=1S/C20H15ClN2O4S2/c1-26-12-7-9(8-14-16(12)27-20(25)29-14)6-11(21)17-22-18(24)15-10-4-2-3-5-13(10)28-19(15)23-17/h6-8H,2-5H2,1H3,(H,22,23,24). The topological polar surface area (TPSA) is 85.2 Å². The summed E-state index contributed by atoms with van der Waals surface area (Å²) in [6, 6.07) is 3.51. The van der Waals surface area contributed by atoms with Crippen LogP contribution in [0.5, 0.6) is 5.75 Å². The number of rotatable bonds is 3. The molecular formula is C20H15ClN2O4S2. The molecule has 29 heavy (non-hydrogen) atoms. The number of benzene rings is 1. The average Bonchev–Trinajstić information content (AvgIpc) is 3.26.